The largest absolute Gasteiger partial charge is 0.466 e. The molecule has 1 aliphatic carbocycles. The minimum absolute atomic E-state index is 0.0931. The van der Waals surface area contributed by atoms with E-state index in [2.05, 4.69) is 19.7 Å². The summed E-state index contributed by atoms with van der Waals surface area (Å²) in [4.78, 5) is 37.6. The van der Waals surface area contributed by atoms with E-state index in [4.69, 9.17) is 14.2 Å². The van der Waals surface area contributed by atoms with Crippen LogP contribution < -0.4 is 4.90 Å². The number of likely N-dealkylation sites (tertiary alicyclic amines) is 1. The fourth-order valence-electron chi connectivity index (χ4n) is 5.71. The third-order valence-corrected chi connectivity index (χ3v) is 7.51. The number of anilines is 1. The van der Waals surface area contributed by atoms with Gasteiger partial charge in [-0.05, 0) is 78.4 Å². The van der Waals surface area contributed by atoms with E-state index < -0.39 is 11.4 Å². The van der Waals surface area contributed by atoms with Gasteiger partial charge in [-0.3, -0.25) is 9.69 Å². The van der Waals surface area contributed by atoms with Crippen molar-refractivity contribution in [2.75, 3.05) is 50.8 Å². The average molecular weight is 517 g/mol. The molecule has 0 spiro atoms. The number of carbonyl (C=O) groups excluding carboxylic acids is 2. The third kappa shape index (κ3) is 6.62. The van der Waals surface area contributed by atoms with E-state index in [0.717, 1.165) is 57.7 Å². The minimum atomic E-state index is -1.28. The van der Waals surface area contributed by atoms with E-state index in [9.17, 15) is 9.59 Å². The summed E-state index contributed by atoms with van der Waals surface area (Å²) >= 11 is 0. The first-order valence-corrected chi connectivity index (χ1v) is 14.0. The highest BCUT2D eigenvalue weighted by Crippen LogP contribution is 2.37. The van der Waals surface area contributed by atoms with E-state index in [0.29, 0.717) is 32.5 Å². The van der Waals surface area contributed by atoms with E-state index in [-0.39, 0.29) is 24.0 Å². The summed E-state index contributed by atoms with van der Waals surface area (Å²) in [6.45, 7) is 12.3. The first-order chi connectivity index (χ1) is 17.7. The Hall–Kier alpha value is -2.23. The number of hydrogen-bond acceptors (Lipinski definition) is 9. The molecule has 0 aromatic carbocycles. The van der Waals surface area contributed by atoms with E-state index >= 15 is 0 Å². The number of hydrogen-bond donors (Lipinski definition) is 0. The highest BCUT2D eigenvalue weighted by atomic mass is 16.6. The molecule has 9 nitrogen and oxygen atoms in total. The predicted octanol–water partition coefficient (Wildman–Crippen LogP) is 3.43. The van der Waals surface area contributed by atoms with Crippen LogP contribution in [0.1, 0.15) is 66.2 Å². The van der Waals surface area contributed by atoms with Crippen molar-refractivity contribution in [1.82, 2.24) is 14.8 Å². The van der Waals surface area contributed by atoms with Crippen molar-refractivity contribution in [3.8, 4) is 0 Å². The maximum Gasteiger partial charge on any atom is 0.371 e. The highest BCUT2D eigenvalue weighted by Gasteiger charge is 2.55. The molecule has 9 heteroatoms. The average Bonchev–Trinajstić information content (AvgIpc) is 3.43. The second kappa shape index (κ2) is 12.1. The maximum absolute atomic E-state index is 14.1. The van der Waals surface area contributed by atoms with Gasteiger partial charge >= 0.3 is 11.9 Å². The zero-order valence-electron chi connectivity index (χ0n) is 23.0. The molecule has 3 fully saturated rings. The van der Waals surface area contributed by atoms with Crippen molar-refractivity contribution in [2.45, 2.75) is 83.8 Å². The van der Waals surface area contributed by atoms with E-state index in [1.165, 1.54) is 0 Å². The summed E-state index contributed by atoms with van der Waals surface area (Å²) in [6, 6.07) is 5.95. The van der Waals surface area contributed by atoms with Crippen molar-refractivity contribution < 1.29 is 23.8 Å². The summed E-state index contributed by atoms with van der Waals surface area (Å²) < 4.78 is 18.2. The van der Waals surface area contributed by atoms with Gasteiger partial charge in [-0.2, -0.15) is 0 Å². The van der Waals surface area contributed by atoms with Gasteiger partial charge in [0.2, 0.25) is 0 Å². The van der Waals surface area contributed by atoms with Crippen molar-refractivity contribution in [1.29, 1.82) is 0 Å². The summed E-state index contributed by atoms with van der Waals surface area (Å²) in [5.74, 6) is -0.874. The van der Waals surface area contributed by atoms with Gasteiger partial charge in [0.25, 0.3) is 5.85 Å². The van der Waals surface area contributed by atoms with Crippen LogP contribution in [0.15, 0.2) is 24.4 Å². The first kappa shape index (κ1) is 27.8. The first-order valence-electron chi connectivity index (χ1n) is 14.0. The molecule has 0 radical (unpaired) electrons. The number of pyridine rings is 1. The molecule has 206 valence electrons. The maximum atomic E-state index is 14.1. The van der Waals surface area contributed by atoms with Gasteiger partial charge in [0.15, 0.2) is 0 Å². The molecule has 0 N–H and O–H groups in total. The van der Waals surface area contributed by atoms with Crippen LogP contribution >= 0.6 is 0 Å². The molecule has 37 heavy (non-hydrogen) atoms. The molecule has 2 aliphatic heterocycles. The SMILES string of the molecule is CCOC(=O)[C@H]1CC[C@H](OC(C(=O)OC(C)(C)C)(N2CCCC2)N2CCN(c3ccccn3)CC2)CC1. The summed E-state index contributed by atoms with van der Waals surface area (Å²) in [5.41, 5.74) is -0.636. The molecule has 1 aromatic rings. The fraction of sp³-hybridized carbons (Fsp3) is 0.750. The molecular formula is C28H44N4O5. The number of piperazine rings is 1. The summed E-state index contributed by atoms with van der Waals surface area (Å²) in [6.07, 6.45) is 6.59. The topological polar surface area (TPSA) is 84.4 Å². The highest BCUT2D eigenvalue weighted by molar-refractivity contribution is 5.79. The second-order valence-electron chi connectivity index (χ2n) is 11.3. The molecule has 1 atom stereocenters. The van der Waals surface area contributed by atoms with Crippen LogP contribution in [-0.2, 0) is 23.8 Å². The molecular weight excluding hydrogens is 472 g/mol. The number of esters is 2. The molecule has 0 bridgehead atoms. The normalized spacial score (nSPS) is 25.5. The Morgan fingerprint density at radius 1 is 0.946 bits per heavy atom. The van der Waals surface area contributed by atoms with Gasteiger partial charge in [-0.1, -0.05) is 6.07 Å². The smallest absolute Gasteiger partial charge is 0.371 e. The van der Waals surface area contributed by atoms with Crippen LogP contribution in [0, 0.1) is 5.92 Å². The molecule has 1 saturated carbocycles. The lowest BCUT2D eigenvalue weighted by atomic mass is 9.87. The zero-order valence-corrected chi connectivity index (χ0v) is 23.0. The molecule has 1 unspecified atom stereocenters. The molecule has 1 aromatic heterocycles. The Morgan fingerprint density at radius 2 is 1.59 bits per heavy atom. The van der Waals surface area contributed by atoms with Gasteiger partial charge in [-0.15, -0.1) is 0 Å². The number of rotatable bonds is 8. The molecule has 4 rings (SSSR count). The van der Waals surface area contributed by atoms with Gasteiger partial charge in [0.05, 0.1) is 18.6 Å². The van der Waals surface area contributed by atoms with Gasteiger partial charge in [-0.25, -0.2) is 14.7 Å². The Kier molecular flexibility index (Phi) is 9.08. The predicted molar refractivity (Wildman–Crippen MR) is 141 cm³/mol. The second-order valence-corrected chi connectivity index (χ2v) is 11.3. The standard InChI is InChI=1S/C28H44N4O5/c1-5-35-25(33)22-11-13-23(14-12-22)36-28(31-16-8-9-17-31,26(34)37-27(2,3)4)32-20-18-30(19-21-32)24-10-6-7-15-29-24/h6-7,10,15,22-23H,5,8-9,11-14,16-21H2,1-4H3/t22-,23-,28?. The lowest BCUT2D eigenvalue weighted by Crippen LogP contribution is -2.71. The van der Waals surface area contributed by atoms with Crippen molar-refractivity contribution in [3.05, 3.63) is 24.4 Å². The molecule has 3 aliphatic rings. The summed E-state index contributed by atoms with van der Waals surface area (Å²) in [5, 5.41) is 0. The molecule has 2 saturated heterocycles. The van der Waals surface area contributed by atoms with Gasteiger partial charge < -0.3 is 19.1 Å². The van der Waals surface area contributed by atoms with Crippen LogP contribution in [0.4, 0.5) is 5.82 Å². The minimum Gasteiger partial charge on any atom is -0.466 e. The van der Waals surface area contributed by atoms with Crippen molar-refractivity contribution in [3.63, 3.8) is 0 Å². The van der Waals surface area contributed by atoms with Crippen molar-refractivity contribution in [2.24, 2.45) is 5.92 Å². The van der Waals surface area contributed by atoms with E-state index in [1.807, 2.05) is 52.1 Å². The third-order valence-electron chi connectivity index (χ3n) is 7.51. The van der Waals surface area contributed by atoms with Crippen LogP contribution in [-0.4, -0.2) is 90.2 Å². The van der Waals surface area contributed by atoms with Crippen LogP contribution in [0.25, 0.3) is 0 Å². The van der Waals surface area contributed by atoms with E-state index in [1.54, 1.807) is 0 Å². The van der Waals surface area contributed by atoms with Gasteiger partial charge in [0.1, 0.15) is 11.4 Å². The Balaban J connectivity index is 1.56. The Labute approximate surface area is 221 Å². The number of aromatic nitrogens is 1. The molecule has 0 amide bonds. The fourth-order valence-corrected chi connectivity index (χ4v) is 5.71. The van der Waals surface area contributed by atoms with Crippen LogP contribution in [0.2, 0.25) is 0 Å². The monoisotopic (exact) mass is 516 g/mol. The summed E-state index contributed by atoms with van der Waals surface area (Å²) in [7, 11) is 0. The lowest BCUT2D eigenvalue weighted by Gasteiger charge is -2.51. The quantitative estimate of drug-likeness (QED) is 0.483. The number of ether oxygens (including phenoxy) is 3. The van der Waals surface area contributed by atoms with Crippen molar-refractivity contribution >= 4 is 17.8 Å². The van der Waals surface area contributed by atoms with Crippen LogP contribution in [0.3, 0.4) is 0 Å². The number of carbonyl (C=O) groups is 2. The van der Waals surface area contributed by atoms with Gasteiger partial charge in [0, 0.05) is 45.5 Å². The zero-order chi connectivity index (χ0) is 26.5. The Morgan fingerprint density at radius 3 is 2.16 bits per heavy atom. The van der Waals surface area contributed by atoms with Crippen LogP contribution in [0.5, 0.6) is 0 Å². The molecule has 3 heterocycles. The lowest BCUT2D eigenvalue weighted by molar-refractivity contribution is -0.278. The Bertz CT molecular complexity index is 886. The number of nitrogens with zero attached hydrogens (tertiary/aromatic N) is 4.